The van der Waals surface area contributed by atoms with E-state index in [9.17, 15) is 0 Å². The highest BCUT2D eigenvalue weighted by atomic mass is 15.2. The summed E-state index contributed by atoms with van der Waals surface area (Å²) in [5.41, 5.74) is 37.6. The number of rotatable bonds is 8. The number of anilines is 6. The van der Waals surface area contributed by atoms with Crippen LogP contribution in [0, 0.1) is 0 Å². The Bertz CT molecular complexity index is 6160. The minimum atomic E-state index is -0.361. The molecule has 119 heavy (non-hydrogen) atoms. The smallest absolute Gasteiger partial charge is 0.252 e. The van der Waals surface area contributed by atoms with Crippen LogP contribution in [-0.4, -0.2) is 15.8 Å². The highest BCUT2D eigenvalue weighted by Gasteiger charge is 2.47. The van der Waals surface area contributed by atoms with Crippen LogP contribution in [-0.2, 0) is 48.7 Å². The van der Waals surface area contributed by atoms with Crippen LogP contribution >= 0.6 is 0 Å². The maximum absolute atomic E-state index is 2.78. The highest BCUT2D eigenvalue weighted by molar-refractivity contribution is 7.00. The third-order valence-electron chi connectivity index (χ3n) is 26.0. The lowest BCUT2D eigenvalue weighted by Crippen LogP contribution is -2.61. The van der Waals surface area contributed by atoms with Gasteiger partial charge in [0.25, 0.3) is 6.71 Å². The Kier molecular flexibility index (Phi) is 18.9. The summed E-state index contributed by atoms with van der Waals surface area (Å²) in [6, 6.07) is 101. The monoisotopic (exact) mass is 1560 g/mol. The first-order valence-electron chi connectivity index (χ1n) is 43.7. The van der Waals surface area contributed by atoms with Crippen molar-refractivity contribution in [1.29, 1.82) is 0 Å². The predicted octanol–water partition coefficient (Wildman–Crippen LogP) is 30.3. The molecular weight excluding hydrogens is 1440 g/mol. The molecule has 0 N–H and O–H groups in total. The summed E-state index contributed by atoms with van der Waals surface area (Å²) < 4.78 is 5.13. The summed E-state index contributed by atoms with van der Waals surface area (Å²) in [5.74, 6) is 0. The zero-order valence-electron chi connectivity index (χ0n) is 76.1. The summed E-state index contributed by atoms with van der Waals surface area (Å²) in [6.07, 6.45) is 0. The Morgan fingerprint density at radius 3 is 0.874 bits per heavy atom. The second-order valence-corrected chi connectivity index (χ2v) is 43.9. The normalized spacial score (nSPS) is 13.8. The van der Waals surface area contributed by atoms with Gasteiger partial charge in [-0.2, -0.15) is 0 Å². The number of fused-ring (bicyclic) bond motifs is 10. The topological polar surface area (TPSA) is 16.3 Å². The van der Waals surface area contributed by atoms with Gasteiger partial charge in [0.1, 0.15) is 0 Å². The summed E-state index contributed by atoms with van der Waals surface area (Å²) in [5, 5.41) is 5.00. The van der Waals surface area contributed by atoms with Gasteiger partial charge in [-0.3, -0.25) is 0 Å². The quantitative estimate of drug-likeness (QED) is 0.141. The maximum atomic E-state index is 2.78. The predicted molar refractivity (Wildman–Crippen MR) is 519 cm³/mol. The van der Waals surface area contributed by atoms with E-state index in [0.717, 1.165) is 34.1 Å². The van der Waals surface area contributed by atoms with E-state index in [1.54, 1.807) is 0 Å². The molecule has 602 valence electrons. The molecule has 0 aliphatic carbocycles. The van der Waals surface area contributed by atoms with Crippen molar-refractivity contribution in [3.05, 3.63) is 305 Å². The summed E-state index contributed by atoms with van der Waals surface area (Å²) >= 11 is 0. The number of benzene rings is 13. The second-order valence-electron chi connectivity index (χ2n) is 43.9. The molecular formula is C114H123BN4. The molecule has 0 bridgehead atoms. The lowest BCUT2D eigenvalue weighted by molar-refractivity contribution is 0.571. The van der Waals surface area contributed by atoms with Gasteiger partial charge in [0.2, 0.25) is 0 Å². The molecule has 0 saturated heterocycles. The Morgan fingerprint density at radius 1 is 0.210 bits per heavy atom. The van der Waals surface area contributed by atoms with E-state index in [1.165, 1.54) is 166 Å². The van der Waals surface area contributed by atoms with Crippen LogP contribution in [0.1, 0.15) is 237 Å². The fourth-order valence-corrected chi connectivity index (χ4v) is 19.8. The minimum absolute atomic E-state index is 0.0538. The first-order valence-corrected chi connectivity index (χ1v) is 43.7. The van der Waals surface area contributed by atoms with Crippen molar-refractivity contribution < 1.29 is 0 Å². The maximum Gasteiger partial charge on any atom is 0.252 e. The number of nitrogens with zero attached hydrogens (tertiary/aromatic N) is 4. The van der Waals surface area contributed by atoms with Gasteiger partial charge in [-0.05, 0) is 234 Å². The van der Waals surface area contributed by atoms with Gasteiger partial charge in [-0.15, -0.1) is 0 Å². The van der Waals surface area contributed by atoms with E-state index in [0.29, 0.717) is 0 Å². The van der Waals surface area contributed by atoms with E-state index >= 15 is 0 Å². The highest BCUT2D eigenvalue weighted by Crippen LogP contribution is 2.56. The molecule has 0 fully saturated rings. The van der Waals surface area contributed by atoms with Crippen molar-refractivity contribution in [2.75, 3.05) is 9.80 Å². The zero-order valence-corrected chi connectivity index (χ0v) is 76.1. The van der Waals surface area contributed by atoms with Gasteiger partial charge >= 0.3 is 0 Å². The van der Waals surface area contributed by atoms with Gasteiger partial charge in [0.15, 0.2) is 0 Å². The van der Waals surface area contributed by atoms with Crippen molar-refractivity contribution in [3.8, 4) is 55.9 Å². The number of hydrogen-bond acceptors (Lipinski definition) is 2. The van der Waals surface area contributed by atoms with E-state index in [4.69, 9.17) is 0 Å². The van der Waals surface area contributed by atoms with E-state index in [1.807, 2.05) is 0 Å². The average Bonchev–Trinajstić information content (AvgIpc) is 0.746. The van der Waals surface area contributed by atoms with Gasteiger partial charge in [-0.25, -0.2) is 0 Å². The summed E-state index contributed by atoms with van der Waals surface area (Å²) in [6.45, 7) is 64.1. The average molecular weight is 1560 g/mol. The molecule has 2 aliphatic rings. The second kappa shape index (κ2) is 27.9. The van der Waals surface area contributed by atoms with Crippen molar-refractivity contribution in [3.63, 3.8) is 0 Å². The zero-order chi connectivity index (χ0) is 84.9. The van der Waals surface area contributed by atoms with Crippen molar-refractivity contribution in [1.82, 2.24) is 9.13 Å². The largest absolute Gasteiger partial charge is 0.311 e. The Morgan fingerprint density at radius 2 is 0.529 bits per heavy atom. The lowest BCUT2D eigenvalue weighted by Gasteiger charge is -2.46. The fraction of sp³-hybridized carbons (Fsp3) is 0.316. The van der Waals surface area contributed by atoms with Crippen LogP contribution in [0.2, 0.25) is 0 Å². The van der Waals surface area contributed by atoms with Gasteiger partial charge < -0.3 is 18.9 Å². The van der Waals surface area contributed by atoms with E-state index in [2.05, 4.69) is 461 Å². The molecule has 0 saturated carbocycles. The molecule has 0 radical (unpaired) electrons. The van der Waals surface area contributed by atoms with Crippen molar-refractivity contribution in [2.45, 2.75) is 236 Å². The molecule has 13 aromatic carbocycles. The molecule has 2 aliphatic heterocycles. The molecule has 0 atom stereocenters. The minimum Gasteiger partial charge on any atom is -0.311 e. The van der Waals surface area contributed by atoms with Crippen LogP contribution in [0.25, 0.3) is 99.5 Å². The molecule has 4 nitrogen and oxygen atoms in total. The van der Waals surface area contributed by atoms with Crippen LogP contribution in [0.3, 0.4) is 0 Å². The van der Waals surface area contributed by atoms with Crippen LogP contribution in [0.4, 0.5) is 34.1 Å². The van der Waals surface area contributed by atoms with Crippen LogP contribution < -0.4 is 26.2 Å². The summed E-state index contributed by atoms with van der Waals surface area (Å²) in [7, 11) is 0. The molecule has 17 rings (SSSR count). The molecule has 4 heterocycles. The first kappa shape index (κ1) is 80.5. The Hall–Kier alpha value is -10.9. The van der Waals surface area contributed by atoms with Crippen molar-refractivity contribution >= 4 is 101 Å². The van der Waals surface area contributed by atoms with Crippen LogP contribution in [0.15, 0.2) is 255 Å². The number of para-hydroxylation sites is 2. The van der Waals surface area contributed by atoms with E-state index < -0.39 is 0 Å². The Labute approximate surface area is 711 Å². The van der Waals surface area contributed by atoms with Gasteiger partial charge in [0, 0.05) is 66.8 Å². The fourth-order valence-electron chi connectivity index (χ4n) is 19.8. The van der Waals surface area contributed by atoms with E-state index in [-0.39, 0.29) is 55.4 Å². The summed E-state index contributed by atoms with van der Waals surface area (Å²) in [4.78, 5) is 5.57. The molecule has 15 aromatic rings. The van der Waals surface area contributed by atoms with Gasteiger partial charge in [0.05, 0.1) is 33.4 Å². The SMILES string of the molecule is CC(C)(C)c1cc2c3c(c1)N(c1cc(-c4c(C(C)(C)C)cccc4C(C)(C)C)ccc1-c1ccccc1C(C)(C)C)c1cc(-n4c5ccccc5c5cc(C(C)(C)C)ccc54)ccc1B3c1ccc(-n3c4ccccc4c4cc(C(C)(C)C)ccc43)cc1N2c1cc(-c2c(C(C)(C)C)cccc2C(C)(C)C)ccc1-c1ccccc1C(C)(C)C. The molecule has 0 spiro atoms. The van der Waals surface area contributed by atoms with Crippen molar-refractivity contribution in [2.24, 2.45) is 0 Å². The Balaban J connectivity index is 1.08. The number of aromatic nitrogens is 2. The first-order chi connectivity index (χ1) is 55.8. The lowest BCUT2D eigenvalue weighted by atomic mass is 9.33. The standard InChI is InChI=1S/C114H123BN4/c1-106(2,3)72-52-60-95-83(64-72)79-40-30-34-48-93(79)116(95)75-54-58-91-99(68-75)118(97-62-70(50-56-81(97)77-38-28-32-42-85(77)109(10,11)12)103-87(111(16,17)18)44-36-45-88(103)112(19,20)21)101-66-74(108(7,8)9)67-102-105(101)115(91)92-59-55-76(117-94-49-35-31-41-80(94)84-65-73(107(4,5)6)53-61-96(84)117)69-100(92)119(102)98-63-71(51-57-82(98)78-39-29-33-43-86(78)110(13,14)15)104-89(113(22,23)24)46-37-47-90(104)114(25,26)27/h28-69H,1-27H3. The van der Waals surface area contributed by atoms with Crippen LogP contribution in [0.5, 0.6) is 0 Å². The third kappa shape index (κ3) is 13.8. The van der Waals surface area contributed by atoms with Gasteiger partial charge in [-0.1, -0.05) is 357 Å². The molecule has 0 unspecified atom stereocenters. The third-order valence-corrected chi connectivity index (χ3v) is 26.0. The molecule has 0 amide bonds. The molecule has 5 heteroatoms. The number of hydrogen-bond donors (Lipinski definition) is 0. The molecule has 2 aromatic heterocycles.